The molecule has 0 bridgehead atoms. The minimum absolute atomic E-state index is 0.103. The van der Waals surface area contributed by atoms with E-state index in [1.54, 1.807) is 17.8 Å². The van der Waals surface area contributed by atoms with E-state index in [-0.39, 0.29) is 5.91 Å². The molecule has 1 unspecified atom stereocenters. The van der Waals surface area contributed by atoms with E-state index in [0.717, 1.165) is 17.8 Å². The number of aromatic nitrogens is 4. The molecule has 0 saturated heterocycles. The van der Waals surface area contributed by atoms with Crippen LogP contribution in [0.25, 0.3) is 0 Å². The molecule has 6 nitrogen and oxygen atoms in total. The number of nitrogens with zero attached hydrogens (tertiary/aromatic N) is 4. The summed E-state index contributed by atoms with van der Waals surface area (Å²) < 4.78 is 3.40. The molecule has 0 aliphatic heterocycles. The van der Waals surface area contributed by atoms with E-state index in [0.29, 0.717) is 11.6 Å². The Kier molecular flexibility index (Phi) is 4.44. The van der Waals surface area contributed by atoms with E-state index < -0.39 is 6.04 Å². The first-order valence-electron chi connectivity index (χ1n) is 6.51. The smallest absolute Gasteiger partial charge is 0.244 e. The van der Waals surface area contributed by atoms with Crippen LogP contribution in [0.15, 0.2) is 18.6 Å². The van der Waals surface area contributed by atoms with E-state index >= 15 is 0 Å². The fraction of sp³-hybridized carbons (Fsp3) is 0.462. The summed E-state index contributed by atoms with van der Waals surface area (Å²) in [4.78, 5) is 12.1. The average molecular weight is 296 g/mol. The second kappa shape index (κ2) is 6.09. The Hall–Kier alpha value is -1.82. The largest absolute Gasteiger partial charge is 0.350 e. The zero-order valence-corrected chi connectivity index (χ0v) is 12.6. The van der Waals surface area contributed by atoms with E-state index in [2.05, 4.69) is 15.5 Å². The molecule has 0 saturated carbocycles. The molecule has 2 aromatic rings. The van der Waals surface area contributed by atoms with Crippen molar-refractivity contribution in [3.63, 3.8) is 0 Å². The summed E-state index contributed by atoms with van der Waals surface area (Å²) in [6.07, 6.45) is 5.10. The summed E-state index contributed by atoms with van der Waals surface area (Å²) in [6, 6.07) is -0.399. The van der Waals surface area contributed by atoms with Gasteiger partial charge >= 0.3 is 0 Å². The van der Waals surface area contributed by atoms with Crippen LogP contribution in [-0.2, 0) is 17.9 Å². The molecule has 108 valence electrons. The Bertz CT molecular complexity index is 604. The van der Waals surface area contributed by atoms with Crippen molar-refractivity contribution in [3.05, 3.63) is 34.9 Å². The van der Waals surface area contributed by atoms with Crippen molar-refractivity contribution in [2.75, 3.05) is 0 Å². The van der Waals surface area contributed by atoms with Gasteiger partial charge in [-0.2, -0.15) is 10.2 Å². The summed E-state index contributed by atoms with van der Waals surface area (Å²) >= 11 is 5.80. The van der Waals surface area contributed by atoms with Gasteiger partial charge in [0.15, 0.2) is 0 Å². The van der Waals surface area contributed by atoms with Crippen LogP contribution in [0.1, 0.15) is 31.1 Å². The van der Waals surface area contributed by atoms with Gasteiger partial charge in [0, 0.05) is 31.0 Å². The minimum Gasteiger partial charge on any atom is -0.350 e. The number of carbonyl (C=O) groups is 1. The SMILES string of the molecule is CCn1cc(CNC(=O)C(C)n2cc(Cl)cn2)c(C)n1. The number of carbonyl (C=O) groups excluding carboxylic acids is 1. The molecule has 2 rings (SSSR count). The van der Waals surface area contributed by atoms with Crippen molar-refractivity contribution >= 4 is 17.5 Å². The van der Waals surface area contributed by atoms with Gasteiger partial charge in [-0.3, -0.25) is 14.2 Å². The second-order valence-electron chi connectivity index (χ2n) is 4.63. The molecule has 0 aliphatic carbocycles. The van der Waals surface area contributed by atoms with Crippen molar-refractivity contribution in [1.82, 2.24) is 24.9 Å². The first kappa shape index (κ1) is 14.6. The van der Waals surface area contributed by atoms with Gasteiger partial charge in [0.1, 0.15) is 6.04 Å². The van der Waals surface area contributed by atoms with Crippen LogP contribution in [0.4, 0.5) is 0 Å². The van der Waals surface area contributed by atoms with E-state index in [9.17, 15) is 4.79 Å². The highest BCUT2D eigenvalue weighted by Crippen LogP contribution is 2.11. The van der Waals surface area contributed by atoms with Gasteiger partial charge in [0.05, 0.1) is 16.9 Å². The molecular formula is C13H18ClN5O. The maximum atomic E-state index is 12.1. The lowest BCUT2D eigenvalue weighted by molar-refractivity contribution is -0.124. The first-order chi connectivity index (χ1) is 9.51. The maximum Gasteiger partial charge on any atom is 0.244 e. The number of hydrogen-bond donors (Lipinski definition) is 1. The summed E-state index contributed by atoms with van der Waals surface area (Å²) in [5.74, 6) is -0.103. The van der Waals surface area contributed by atoms with Gasteiger partial charge in [-0.15, -0.1) is 0 Å². The lowest BCUT2D eigenvalue weighted by Crippen LogP contribution is -2.30. The highest BCUT2D eigenvalue weighted by atomic mass is 35.5. The van der Waals surface area contributed by atoms with Gasteiger partial charge in [-0.25, -0.2) is 0 Å². The van der Waals surface area contributed by atoms with Crippen molar-refractivity contribution in [3.8, 4) is 0 Å². The number of nitrogens with one attached hydrogen (secondary N) is 1. The van der Waals surface area contributed by atoms with Crippen molar-refractivity contribution < 1.29 is 4.79 Å². The molecule has 0 radical (unpaired) electrons. The Labute approximate surface area is 122 Å². The molecule has 20 heavy (non-hydrogen) atoms. The summed E-state index contributed by atoms with van der Waals surface area (Å²) in [7, 11) is 0. The van der Waals surface area contributed by atoms with Gasteiger partial charge in [-0.1, -0.05) is 11.6 Å². The third kappa shape index (κ3) is 3.19. The molecule has 0 fully saturated rings. The summed E-state index contributed by atoms with van der Waals surface area (Å²) in [6.45, 7) is 7.02. The lowest BCUT2D eigenvalue weighted by atomic mass is 10.2. The zero-order chi connectivity index (χ0) is 14.7. The number of amides is 1. The Morgan fingerprint density at radius 1 is 1.50 bits per heavy atom. The quantitative estimate of drug-likeness (QED) is 0.917. The standard InChI is InChI=1S/C13H18ClN5O/c1-4-18-7-11(9(2)17-18)5-15-13(20)10(3)19-8-12(14)6-16-19/h6-8,10H,4-5H2,1-3H3,(H,15,20). The number of hydrogen-bond acceptors (Lipinski definition) is 3. The van der Waals surface area contributed by atoms with Gasteiger partial charge in [0.2, 0.25) is 5.91 Å². The fourth-order valence-corrected chi connectivity index (χ4v) is 2.02. The van der Waals surface area contributed by atoms with Crippen LogP contribution in [0, 0.1) is 6.92 Å². The molecule has 2 heterocycles. The molecule has 1 amide bonds. The zero-order valence-electron chi connectivity index (χ0n) is 11.8. The summed E-state index contributed by atoms with van der Waals surface area (Å²) in [5.41, 5.74) is 1.95. The van der Waals surface area contributed by atoms with Gasteiger partial charge in [-0.05, 0) is 20.8 Å². The van der Waals surface area contributed by atoms with Crippen molar-refractivity contribution in [1.29, 1.82) is 0 Å². The molecule has 0 spiro atoms. The first-order valence-corrected chi connectivity index (χ1v) is 6.89. The van der Waals surface area contributed by atoms with Gasteiger partial charge < -0.3 is 5.32 Å². The fourth-order valence-electron chi connectivity index (χ4n) is 1.87. The van der Waals surface area contributed by atoms with Crippen LogP contribution < -0.4 is 5.32 Å². The van der Waals surface area contributed by atoms with Crippen LogP contribution in [0.5, 0.6) is 0 Å². The number of halogens is 1. The second-order valence-corrected chi connectivity index (χ2v) is 5.06. The number of aryl methyl sites for hydroxylation is 2. The van der Waals surface area contributed by atoms with E-state index in [1.165, 1.54) is 6.20 Å². The van der Waals surface area contributed by atoms with Crippen LogP contribution in [-0.4, -0.2) is 25.5 Å². The highest BCUT2D eigenvalue weighted by molar-refractivity contribution is 6.30. The van der Waals surface area contributed by atoms with E-state index in [4.69, 9.17) is 11.6 Å². The molecule has 0 aromatic carbocycles. The predicted molar refractivity (Wildman–Crippen MR) is 76.4 cm³/mol. The normalized spacial score (nSPS) is 12.4. The Morgan fingerprint density at radius 3 is 2.80 bits per heavy atom. The molecule has 2 aromatic heterocycles. The molecular weight excluding hydrogens is 278 g/mol. The average Bonchev–Trinajstić information content (AvgIpc) is 3.01. The predicted octanol–water partition coefficient (Wildman–Crippen LogP) is 1.94. The third-order valence-electron chi connectivity index (χ3n) is 3.17. The van der Waals surface area contributed by atoms with E-state index in [1.807, 2.05) is 24.7 Å². The van der Waals surface area contributed by atoms with Crippen LogP contribution in [0.2, 0.25) is 5.02 Å². The Balaban J connectivity index is 1.96. The van der Waals surface area contributed by atoms with Gasteiger partial charge in [0.25, 0.3) is 0 Å². The monoisotopic (exact) mass is 295 g/mol. The molecule has 1 atom stereocenters. The topological polar surface area (TPSA) is 64.7 Å². The maximum absolute atomic E-state index is 12.1. The Morgan fingerprint density at radius 2 is 2.25 bits per heavy atom. The van der Waals surface area contributed by atoms with Crippen LogP contribution in [0.3, 0.4) is 0 Å². The van der Waals surface area contributed by atoms with Crippen molar-refractivity contribution in [2.45, 2.75) is 39.9 Å². The highest BCUT2D eigenvalue weighted by Gasteiger charge is 2.16. The molecule has 0 aliphatic rings. The van der Waals surface area contributed by atoms with Crippen LogP contribution >= 0.6 is 11.6 Å². The molecule has 7 heteroatoms. The molecule has 1 N–H and O–H groups in total. The van der Waals surface area contributed by atoms with Crippen molar-refractivity contribution in [2.24, 2.45) is 0 Å². The summed E-state index contributed by atoms with van der Waals surface area (Å²) in [5, 5.41) is 11.8. The number of rotatable bonds is 5. The third-order valence-corrected chi connectivity index (χ3v) is 3.37. The lowest BCUT2D eigenvalue weighted by Gasteiger charge is -2.12. The minimum atomic E-state index is -0.399.